The van der Waals surface area contributed by atoms with Gasteiger partial charge in [-0.25, -0.2) is 0 Å². The zero-order valence-electron chi connectivity index (χ0n) is 9.18. The lowest BCUT2D eigenvalue weighted by atomic mass is 10.1. The number of carbonyl (C=O) groups excluding carboxylic acids is 3. The Kier molecular flexibility index (Phi) is 2.11. The molecule has 0 saturated carbocycles. The van der Waals surface area contributed by atoms with E-state index in [0.29, 0.717) is 12.0 Å². The van der Waals surface area contributed by atoms with Gasteiger partial charge in [0, 0.05) is 24.8 Å². The predicted octanol–water partition coefficient (Wildman–Crippen LogP) is 0.943. The average Bonchev–Trinajstić information content (AvgIpc) is 2.82. The summed E-state index contributed by atoms with van der Waals surface area (Å²) in [7, 11) is 0. The third-order valence-corrected chi connectivity index (χ3v) is 3.40. The van der Waals surface area contributed by atoms with Gasteiger partial charge in [0.2, 0.25) is 11.8 Å². The Labute approximate surface area is 98.2 Å². The van der Waals surface area contributed by atoms with Crippen LogP contribution in [0.4, 0.5) is 0 Å². The van der Waals surface area contributed by atoms with E-state index in [1.54, 1.807) is 12.1 Å². The fourth-order valence-corrected chi connectivity index (χ4v) is 2.57. The molecule has 4 nitrogen and oxygen atoms in total. The van der Waals surface area contributed by atoms with Crippen molar-refractivity contribution in [2.45, 2.75) is 25.3 Å². The number of ketones is 1. The first kappa shape index (κ1) is 10.2. The smallest absolute Gasteiger partial charge is 0.230 e. The zero-order valence-corrected chi connectivity index (χ0v) is 9.18. The normalized spacial score (nSPS) is 23.4. The SMILES string of the molecule is O=C1c2ccccc2CC1N1C(=O)CCC1=O. The highest BCUT2D eigenvalue weighted by Crippen LogP contribution is 2.28. The lowest BCUT2D eigenvalue weighted by Gasteiger charge is -2.19. The van der Waals surface area contributed by atoms with Gasteiger partial charge in [-0.15, -0.1) is 0 Å². The highest BCUT2D eigenvalue weighted by Gasteiger charge is 2.42. The van der Waals surface area contributed by atoms with E-state index in [9.17, 15) is 14.4 Å². The second-order valence-corrected chi connectivity index (χ2v) is 4.40. The van der Waals surface area contributed by atoms with Gasteiger partial charge in [0.05, 0.1) is 0 Å². The van der Waals surface area contributed by atoms with Crippen molar-refractivity contribution in [2.24, 2.45) is 0 Å². The molecule has 0 aromatic heterocycles. The number of likely N-dealkylation sites (tertiary alicyclic amines) is 1. The quantitative estimate of drug-likeness (QED) is 0.673. The molecule has 3 rings (SSSR count). The molecule has 1 heterocycles. The van der Waals surface area contributed by atoms with Gasteiger partial charge in [0.15, 0.2) is 5.78 Å². The van der Waals surface area contributed by atoms with Gasteiger partial charge in [0.25, 0.3) is 0 Å². The van der Waals surface area contributed by atoms with Crippen molar-refractivity contribution in [1.82, 2.24) is 4.90 Å². The second kappa shape index (κ2) is 3.52. The highest BCUT2D eigenvalue weighted by molar-refractivity contribution is 6.11. The van der Waals surface area contributed by atoms with E-state index in [-0.39, 0.29) is 30.4 Å². The number of carbonyl (C=O) groups is 3. The van der Waals surface area contributed by atoms with E-state index in [1.807, 2.05) is 12.1 Å². The van der Waals surface area contributed by atoms with Gasteiger partial charge < -0.3 is 0 Å². The van der Waals surface area contributed by atoms with E-state index in [4.69, 9.17) is 0 Å². The summed E-state index contributed by atoms with van der Waals surface area (Å²) in [6.07, 6.45) is 0.935. The van der Waals surface area contributed by atoms with Gasteiger partial charge in [-0.2, -0.15) is 0 Å². The molecule has 1 aliphatic carbocycles. The molecule has 17 heavy (non-hydrogen) atoms. The van der Waals surface area contributed by atoms with E-state index >= 15 is 0 Å². The Bertz CT molecular complexity index is 519. The number of imide groups is 1. The number of hydrogen-bond donors (Lipinski definition) is 0. The van der Waals surface area contributed by atoms with E-state index in [0.717, 1.165) is 10.5 Å². The lowest BCUT2D eigenvalue weighted by molar-refractivity contribution is -0.140. The molecule has 1 aliphatic heterocycles. The monoisotopic (exact) mass is 229 g/mol. The van der Waals surface area contributed by atoms with Gasteiger partial charge in [-0.1, -0.05) is 24.3 Å². The van der Waals surface area contributed by atoms with Crippen LogP contribution in [0.25, 0.3) is 0 Å². The largest absolute Gasteiger partial charge is 0.292 e. The molecule has 1 unspecified atom stereocenters. The van der Waals surface area contributed by atoms with Gasteiger partial charge in [-0.3, -0.25) is 19.3 Å². The molecule has 1 saturated heterocycles. The summed E-state index contributed by atoms with van der Waals surface area (Å²) >= 11 is 0. The van der Waals surface area contributed by atoms with Crippen molar-refractivity contribution < 1.29 is 14.4 Å². The topological polar surface area (TPSA) is 54.5 Å². The summed E-state index contributed by atoms with van der Waals surface area (Å²) in [6, 6.07) is 6.69. The second-order valence-electron chi connectivity index (χ2n) is 4.40. The molecule has 2 amide bonds. The number of nitrogens with zero attached hydrogens (tertiary/aromatic N) is 1. The van der Waals surface area contributed by atoms with Crippen molar-refractivity contribution in [3.8, 4) is 0 Å². The van der Waals surface area contributed by atoms with Crippen molar-refractivity contribution in [3.05, 3.63) is 35.4 Å². The first-order valence-corrected chi connectivity index (χ1v) is 5.65. The molecule has 0 spiro atoms. The molecule has 86 valence electrons. The number of amides is 2. The van der Waals surface area contributed by atoms with Crippen LogP contribution in [-0.2, 0) is 16.0 Å². The lowest BCUT2D eigenvalue weighted by Crippen LogP contribution is -2.43. The van der Waals surface area contributed by atoms with E-state index < -0.39 is 6.04 Å². The van der Waals surface area contributed by atoms with Gasteiger partial charge in [0.1, 0.15) is 6.04 Å². The Morgan fingerprint density at radius 2 is 1.65 bits per heavy atom. The van der Waals surface area contributed by atoms with Crippen LogP contribution in [0.15, 0.2) is 24.3 Å². The Hall–Kier alpha value is -1.97. The maximum atomic E-state index is 12.1. The van der Waals surface area contributed by atoms with E-state index in [1.165, 1.54) is 0 Å². The Balaban J connectivity index is 1.97. The number of hydrogen-bond acceptors (Lipinski definition) is 3. The summed E-state index contributed by atoms with van der Waals surface area (Å²) in [5.41, 5.74) is 1.57. The molecule has 0 radical (unpaired) electrons. The minimum Gasteiger partial charge on any atom is -0.292 e. The first-order valence-electron chi connectivity index (χ1n) is 5.65. The number of benzene rings is 1. The summed E-state index contributed by atoms with van der Waals surface area (Å²) in [4.78, 5) is 36.5. The Morgan fingerprint density at radius 1 is 1.00 bits per heavy atom. The van der Waals surface area contributed by atoms with Gasteiger partial charge >= 0.3 is 0 Å². The van der Waals surface area contributed by atoms with Crippen LogP contribution in [0, 0.1) is 0 Å². The highest BCUT2D eigenvalue weighted by atomic mass is 16.2. The average molecular weight is 229 g/mol. The van der Waals surface area contributed by atoms with Crippen molar-refractivity contribution in [1.29, 1.82) is 0 Å². The van der Waals surface area contributed by atoms with Crippen molar-refractivity contribution in [3.63, 3.8) is 0 Å². The van der Waals surface area contributed by atoms with Crippen LogP contribution >= 0.6 is 0 Å². The molecule has 1 atom stereocenters. The fourth-order valence-electron chi connectivity index (χ4n) is 2.57. The van der Waals surface area contributed by atoms with Crippen molar-refractivity contribution in [2.75, 3.05) is 0 Å². The molecule has 1 fully saturated rings. The molecular formula is C13H11NO3. The Morgan fingerprint density at radius 3 is 2.29 bits per heavy atom. The maximum Gasteiger partial charge on any atom is 0.230 e. The standard InChI is InChI=1S/C13H11NO3/c15-11-5-6-12(16)14(11)10-7-8-3-1-2-4-9(8)13(10)17/h1-4,10H,5-7H2. The molecular weight excluding hydrogens is 218 g/mol. The minimum absolute atomic E-state index is 0.107. The first-order chi connectivity index (χ1) is 8.18. The van der Waals surface area contributed by atoms with Crippen LogP contribution < -0.4 is 0 Å². The zero-order chi connectivity index (χ0) is 12.0. The summed E-state index contributed by atoms with van der Waals surface area (Å²) < 4.78 is 0. The number of rotatable bonds is 1. The summed E-state index contributed by atoms with van der Waals surface area (Å²) in [6.45, 7) is 0. The summed E-state index contributed by atoms with van der Waals surface area (Å²) in [5, 5.41) is 0. The molecule has 1 aromatic carbocycles. The maximum absolute atomic E-state index is 12.1. The fraction of sp³-hybridized carbons (Fsp3) is 0.308. The minimum atomic E-state index is -0.602. The van der Waals surface area contributed by atoms with E-state index in [2.05, 4.69) is 0 Å². The molecule has 4 heteroatoms. The third-order valence-electron chi connectivity index (χ3n) is 3.40. The molecule has 0 bridgehead atoms. The van der Waals surface area contributed by atoms with Crippen LogP contribution in [-0.4, -0.2) is 28.5 Å². The number of fused-ring (bicyclic) bond motifs is 1. The molecule has 2 aliphatic rings. The number of Topliss-reactive ketones (excluding diaryl/α,β-unsaturated/α-hetero) is 1. The molecule has 0 N–H and O–H groups in total. The van der Waals surface area contributed by atoms with Crippen molar-refractivity contribution >= 4 is 17.6 Å². The van der Waals surface area contributed by atoms with Crippen LogP contribution in [0.2, 0.25) is 0 Å². The van der Waals surface area contributed by atoms with Gasteiger partial charge in [-0.05, 0) is 5.56 Å². The predicted molar refractivity (Wildman–Crippen MR) is 59.4 cm³/mol. The summed E-state index contributed by atoms with van der Waals surface area (Å²) in [5.74, 6) is -0.550. The van der Waals surface area contributed by atoms with Crippen LogP contribution in [0.1, 0.15) is 28.8 Å². The molecule has 1 aromatic rings. The van der Waals surface area contributed by atoms with Crippen LogP contribution in [0.3, 0.4) is 0 Å². The van der Waals surface area contributed by atoms with Crippen LogP contribution in [0.5, 0.6) is 0 Å². The third kappa shape index (κ3) is 1.40.